The molecule has 36 heavy (non-hydrogen) atoms. The van der Waals surface area contributed by atoms with Gasteiger partial charge in [0.1, 0.15) is 6.04 Å². The van der Waals surface area contributed by atoms with Crippen molar-refractivity contribution in [3.05, 3.63) is 105 Å². The Morgan fingerprint density at radius 3 is 2.31 bits per heavy atom. The van der Waals surface area contributed by atoms with Gasteiger partial charge in [0.05, 0.1) is 5.75 Å². The Bertz CT molecular complexity index is 1130. The summed E-state index contributed by atoms with van der Waals surface area (Å²) in [4.78, 5) is 28.9. The van der Waals surface area contributed by atoms with Gasteiger partial charge >= 0.3 is 0 Å². The monoisotopic (exact) mass is 586 g/mol. The van der Waals surface area contributed by atoms with E-state index < -0.39 is 6.04 Å². The Morgan fingerprint density at radius 2 is 1.64 bits per heavy atom. The number of benzene rings is 3. The van der Waals surface area contributed by atoms with Crippen molar-refractivity contribution < 1.29 is 9.59 Å². The van der Waals surface area contributed by atoms with Crippen molar-refractivity contribution in [1.82, 2.24) is 10.2 Å². The summed E-state index contributed by atoms with van der Waals surface area (Å²) in [6.45, 7) is 4.27. The molecule has 1 N–H and O–H groups in total. The van der Waals surface area contributed by atoms with E-state index in [0.717, 1.165) is 27.6 Å². The Morgan fingerprint density at radius 1 is 0.972 bits per heavy atom. The molecule has 0 unspecified atom stereocenters. The maximum absolute atomic E-state index is 13.7. The van der Waals surface area contributed by atoms with Gasteiger partial charge in [-0.3, -0.25) is 9.59 Å². The molecule has 0 aromatic heterocycles. The van der Waals surface area contributed by atoms with Crippen LogP contribution >= 0.6 is 39.3 Å². The molecule has 0 fully saturated rings. The predicted octanol–water partition coefficient (Wildman–Crippen LogP) is 6.89. The topological polar surface area (TPSA) is 49.4 Å². The van der Waals surface area contributed by atoms with Crippen LogP contribution in [0.25, 0.3) is 0 Å². The fourth-order valence-electron chi connectivity index (χ4n) is 3.72. The van der Waals surface area contributed by atoms with E-state index in [2.05, 4.69) is 21.2 Å². The van der Waals surface area contributed by atoms with Crippen LogP contribution in [0, 0.1) is 0 Å². The lowest BCUT2D eigenvalue weighted by Gasteiger charge is -2.32. The van der Waals surface area contributed by atoms with Crippen molar-refractivity contribution in [3.8, 4) is 0 Å². The average Bonchev–Trinajstić information content (AvgIpc) is 2.88. The minimum absolute atomic E-state index is 0.0137. The quantitative estimate of drug-likeness (QED) is 0.251. The third-order valence-electron chi connectivity index (χ3n) is 5.98. The van der Waals surface area contributed by atoms with E-state index in [1.165, 1.54) is 0 Å². The van der Waals surface area contributed by atoms with Crippen molar-refractivity contribution in [2.24, 2.45) is 0 Å². The zero-order chi connectivity index (χ0) is 25.9. The Labute approximate surface area is 231 Å². The van der Waals surface area contributed by atoms with Crippen molar-refractivity contribution in [2.45, 2.75) is 51.1 Å². The number of carbonyl (C=O) groups is 2. The van der Waals surface area contributed by atoms with Crippen molar-refractivity contribution in [1.29, 1.82) is 0 Å². The summed E-state index contributed by atoms with van der Waals surface area (Å²) >= 11 is 11.5. The van der Waals surface area contributed by atoms with Crippen LogP contribution in [-0.2, 0) is 28.3 Å². The molecule has 0 aliphatic carbocycles. The minimum atomic E-state index is -0.654. The molecular formula is C29H32BrClN2O2S. The zero-order valence-electron chi connectivity index (χ0n) is 20.6. The smallest absolute Gasteiger partial charge is 0.243 e. The van der Waals surface area contributed by atoms with Gasteiger partial charge in [0.25, 0.3) is 0 Å². The maximum atomic E-state index is 13.7. The number of nitrogens with zero attached hydrogens (tertiary/aromatic N) is 1. The van der Waals surface area contributed by atoms with E-state index in [1.54, 1.807) is 16.7 Å². The molecule has 0 aliphatic heterocycles. The lowest BCUT2D eigenvalue weighted by molar-refractivity contribution is -0.139. The van der Waals surface area contributed by atoms with Gasteiger partial charge in [0.2, 0.25) is 11.8 Å². The number of rotatable bonds is 12. The molecule has 2 amide bonds. The number of hydrogen-bond acceptors (Lipinski definition) is 3. The van der Waals surface area contributed by atoms with Gasteiger partial charge in [0.15, 0.2) is 0 Å². The number of hydrogen-bond donors (Lipinski definition) is 1. The van der Waals surface area contributed by atoms with Gasteiger partial charge in [-0.2, -0.15) is 0 Å². The molecular weight excluding hydrogens is 556 g/mol. The molecule has 0 saturated carbocycles. The van der Waals surface area contributed by atoms with E-state index in [1.807, 2.05) is 92.7 Å². The summed E-state index contributed by atoms with van der Waals surface area (Å²) in [5, 5.41) is 3.68. The van der Waals surface area contributed by atoms with Crippen LogP contribution in [0.15, 0.2) is 83.3 Å². The second-order valence-electron chi connectivity index (χ2n) is 8.76. The molecule has 3 rings (SSSR count). The molecule has 0 bridgehead atoms. The first-order valence-electron chi connectivity index (χ1n) is 12.1. The van der Waals surface area contributed by atoms with Crippen LogP contribution in [0.1, 0.15) is 37.0 Å². The molecule has 2 atom stereocenters. The second-order valence-corrected chi connectivity index (χ2v) is 11.1. The van der Waals surface area contributed by atoms with Gasteiger partial charge in [-0.05, 0) is 48.2 Å². The van der Waals surface area contributed by atoms with Crippen LogP contribution < -0.4 is 5.32 Å². The molecule has 4 nitrogen and oxygen atoms in total. The Hall–Kier alpha value is -2.28. The van der Waals surface area contributed by atoms with Gasteiger partial charge in [-0.25, -0.2) is 0 Å². The van der Waals surface area contributed by atoms with E-state index >= 15 is 0 Å². The first-order chi connectivity index (χ1) is 17.4. The highest BCUT2D eigenvalue weighted by Gasteiger charge is 2.31. The van der Waals surface area contributed by atoms with Gasteiger partial charge in [-0.1, -0.05) is 95.1 Å². The van der Waals surface area contributed by atoms with Gasteiger partial charge < -0.3 is 10.2 Å². The number of amides is 2. The minimum Gasteiger partial charge on any atom is -0.352 e. The normalized spacial score (nSPS) is 12.6. The third kappa shape index (κ3) is 8.68. The lowest BCUT2D eigenvalue weighted by atomic mass is 10.0. The lowest BCUT2D eigenvalue weighted by Crippen LogP contribution is -2.52. The predicted molar refractivity (Wildman–Crippen MR) is 154 cm³/mol. The molecule has 3 aromatic carbocycles. The average molecular weight is 588 g/mol. The van der Waals surface area contributed by atoms with Crippen molar-refractivity contribution >= 4 is 51.1 Å². The highest BCUT2D eigenvalue weighted by Crippen LogP contribution is 2.22. The van der Waals surface area contributed by atoms with Crippen LogP contribution in [0.2, 0.25) is 5.02 Å². The summed E-state index contributed by atoms with van der Waals surface area (Å²) in [5.41, 5.74) is 2.96. The van der Waals surface area contributed by atoms with E-state index in [4.69, 9.17) is 11.6 Å². The summed E-state index contributed by atoms with van der Waals surface area (Å²) in [6.07, 6.45) is 1.24. The standard InChI is InChI=1S/C29H32BrClN2O2S/c1-3-21(2)32-29(35)27(17-22-9-5-4-6-10-22)33(18-24-11-7-8-12-26(24)31)28(34)20-36-19-23-13-15-25(30)16-14-23/h4-16,21,27H,3,17-20H2,1-2H3,(H,32,35)/t21-,27-/m1/s1. The highest BCUT2D eigenvalue weighted by molar-refractivity contribution is 9.10. The maximum Gasteiger partial charge on any atom is 0.243 e. The van der Waals surface area contributed by atoms with Gasteiger partial charge in [0, 0.05) is 34.3 Å². The third-order valence-corrected chi connectivity index (χ3v) is 7.86. The summed E-state index contributed by atoms with van der Waals surface area (Å²) < 4.78 is 1.02. The molecule has 0 heterocycles. The fourth-order valence-corrected chi connectivity index (χ4v) is 5.06. The second kappa shape index (κ2) is 14.5. The number of halogens is 2. The van der Waals surface area contributed by atoms with Gasteiger partial charge in [-0.15, -0.1) is 11.8 Å². The Balaban J connectivity index is 1.86. The van der Waals surface area contributed by atoms with E-state index in [0.29, 0.717) is 17.2 Å². The van der Waals surface area contributed by atoms with Crippen molar-refractivity contribution in [3.63, 3.8) is 0 Å². The summed E-state index contributed by atoms with van der Waals surface area (Å²) in [5.74, 6) is 0.743. The molecule has 0 spiro atoms. The number of carbonyl (C=O) groups excluding carboxylic acids is 2. The highest BCUT2D eigenvalue weighted by atomic mass is 79.9. The summed E-state index contributed by atoms with van der Waals surface area (Å²) in [6, 6.07) is 24.8. The zero-order valence-corrected chi connectivity index (χ0v) is 23.8. The SMILES string of the molecule is CC[C@@H](C)NC(=O)[C@@H](Cc1ccccc1)N(Cc1ccccc1Cl)C(=O)CSCc1ccc(Br)cc1. The largest absolute Gasteiger partial charge is 0.352 e. The number of nitrogens with one attached hydrogen (secondary N) is 1. The van der Waals surface area contributed by atoms with Crippen LogP contribution in [-0.4, -0.2) is 34.6 Å². The van der Waals surface area contributed by atoms with Crippen LogP contribution in [0.5, 0.6) is 0 Å². The fraction of sp³-hybridized carbons (Fsp3) is 0.310. The Kier molecular flexibility index (Phi) is 11.4. The van der Waals surface area contributed by atoms with Crippen LogP contribution in [0.4, 0.5) is 0 Å². The first kappa shape index (κ1) is 28.3. The van der Waals surface area contributed by atoms with E-state index in [9.17, 15) is 9.59 Å². The molecule has 7 heteroatoms. The molecule has 190 valence electrons. The number of thioether (sulfide) groups is 1. The molecule has 0 saturated heterocycles. The van der Waals surface area contributed by atoms with Crippen LogP contribution in [0.3, 0.4) is 0 Å². The molecule has 0 radical (unpaired) electrons. The molecule has 3 aromatic rings. The van der Waals surface area contributed by atoms with Crippen molar-refractivity contribution in [2.75, 3.05) is 5.75 Å². The summed E-state index contributed by atoms with van der Waals surface area (Å²) in [7, 11) is 0. The van der Waals surface area contributed by atoms with E-state index in [-0.39, 0.29) is 30.2 Å². The first-order valence-corrected chi connectivity index (χ1v) is 14.4. The molecule has 0 aliphatic rings.